The second-order valence-electron chi connectivity index (χ2n) is 8.30. The minimum absolute atomic E-state index is 0.132. The Labute approximate surface area is 159 Å². The van der Waals surface area contributed by atoms with Crippen molar-refractivity contribution in [2.24, 2.45) is 10.9 Å². The van der Waals surface area contributed by atoms with E-state index in [1.165, 1.54) is 32.4 Å². The summed E-state index contributed by atoms with van der Waals surface area (Å²) in [5.41, 5.74) is 0.132. The average Bonchev–Trinajstić information content (AvgIpc) is 3.04. The fraction of sp³-hybridized carbons (Fsp3) is 0.800. The van der Waals surface area contributed by atoms with Crippen LogP contribution >= 0.6 is 0 Å². The van der Waals surface area contributed by atoms with Crippen LogP contribution in [0.5, 0.6) is 0 Å². The maximum absolute atomic E-state index is 4.76. The van der Waals surface area contributed by atoms with Crippen molar-refractivity contribution in [3.8, 4) is 0 Å². The molecule has 1 fully saturated rings. The average molecular weight is 363 g/mol. The third-order valence-electron chi connectivity index (χ3n) is 4.99. The molecular weight excluding hydrogens is 324 g/mol. The van der Waals surface area contributed by atoms with Crippen molar-refractivity contribution in [2.75, 3.05) is 26.2 Å². The van der Waals surface area contributed by atoms with Gasteiger partial charge in [0.15, 0.2) is 5.96 Å². The lowest BCUT2D eigenvalue weighted by atomic mass is 9.98. The van der Waals surface area contributed by atoms with Gasteiger partial charge in [-0.2, -0.15) is 0 Å². The monoisotopic (exact) mass is 362 g/mol. The number of guanidine groups is 1. The molecule has 2 rings (SSSR count). The molecule has 6 nitrogen and oxygen atoms in total. The molecule has 6 heteroatoms. The van der Waals surface area contributed by atoms with Crippen molar-refractivity contribution >= 4 is 5.96 Å². The van der Waals surface area contributed by atoms with E-state index < -0.39 is 0 Å². The van der Waals surface area contributed by atoms with Gasteiger partial charge in [-0.25, -0.2) is 9.98 Å². The van der Waals surface area contributed by atoms with Crippen LogP contribution in [-0.4, -0.2) is 52.1 Å². The molecule has 0 unspecified atom stereocenters. The van der Waals surface area contributed by atoms with E-state index in [4.69, 9.17) is 4.99 Å². The van der Waals surface area contributed by atoms with E-state index in [2.05, 4.69) is 59.7 Å². The van der Waals surface area contributed by atoms with E-state index in [0.717, 1.165) is 31.4 Å². The Hall–Kier alpha value is -1.56. The van der Waals surface area contributed by atoms with Gasteiger partial charge in [-0.15, -0.1) is 0 Å². The predicted octanol–water partition coefficient (Wildman–Crippen LogP) is 2.86. The maximum Gasteiger partial charge on any atom is 0.191 e. The number of nitrogens with zero attached hydrogens (tertiary/aromatic N) is 4. The number of aliphatic imine (C=N–C) groups is 1. The zero-order valence-corrected chi connectivity index (χ0v) is 17.4. The van der Waals surface area contributed by atoms with E-state index in [-0.39, 0.29) is 5.54 Å². The third-order valence-corrected chi connectivity index (χ3v) is 4.99. The Bertz CT molecular complexity index is 554. The fourth-order valence-corrected chi connectivity index (χ4v) is 3.45. The Kier molecular flexibility index (Phi) is 7.94. The topological polar surface area (TPSA) is 57.5 Å². The van der Waals surface area contributed by atoms with Gasteiger partial charge in [0, 0.05) is 37.6 Å². The van der Waals surface area contributed by atoms with Crippen LogP contribution in [-0.2, 0) is 13.1 Å². The van der Waals surface area contributed by atoms with Gasteiger partial charge < -0.3 is 15.2 Å². The highest BCUT2D eigenvalue weighted by Gasteiger charge is 2.27. The van der Waals surface area contributed by atoms with E-state index in [1.54, 1.807) is 0 Å². The molecule has 148 valence electrons. The minimum atomic E-state index is 0.132. The second kappa shape index (κ2) is 9.95. The molecule has 2 heterocycles. The summed E-state index contributed by atoms with van der Waals surface area (Å²) in [5, 5.41) is 6.91. The largest absolute Gasteiger partial charge is 0.357 e. The Morgan fingerprint density at radius 1 is 1.23 bits per heavy atom. The molecule has 1 aliphatic heterocycles. The number of hydrogen-bond donors (Lipinski definition) is 2. The highest BCUT2D eigenvalue weighted by atomic mass is 15.2. The molecule has 0 saturated carbocycles. The normalized spacial score (nSPS) is 16.9. The van der Waals surface area contributed by atoms with Crippen molar-refractivity contribution in [1.29, 1.82) is 0 Å². The lowest BCUT2D eigenvalue weighted by Gasteiger charge is -2.41. The minimum Gasteiger partial charge on any atom is -0.357 e. The molecule has 1 aromatic heterocycles. The quantitative estimate of drug-likeness (QED) is 0.551. The molecule has 0 radical (unpaired) electrons. The summed E-state index contributed by atoms with van der Waals surface area (Å²) in [6.07, 6.45) is 7.91. The van der Waals surface area contributed by atoms with E-state index in [9.17, 15) is 0 Å². The van der Waals surface area contributed by atoms with Crippen LogP contribution in [0.15, 0.2) is 17.4 Å². The van der Waals surface area contributed by atoms with Gasteiger partial charge in [0.2, 0.25) is 0 Å². The van der Waals surface area contributed by atoms with Crippen molar-refractivity contribution in [2.45, 2.75) is 72.5 Å². The molecule has 0 aliphatic carbocycles. The number of aromatic nitrogens is 2. The number of rotatable bonds is 8. The number of hydrogen-bond acceptors (Lipinski definition) is 3. The summed E-state index contributed by atoms with van der Waals surface area (Å²) in [7, 11) is 0. The first-order chi connectivity index (χ1) is 12.4. The summed E-state index contributed by atoms with van der Waals surface area (Å²) in [4.78, 5) is 11.8. The van der Waals surface area contributed by atoms with Crippen LogP contribution in [0.1, 0.15) is 59.7 Å². The summed E-state index contributed by atoms with van der Waals surface area (Å²) in [6, 6.07) is 0. The number of likely N-dealkylation sites (tertiary alicyclic amines) is 1. The van der Waals surface area contributed by atoms with Crippen molar-refractivity contribution in [3.05, 3.63) is 18.2 Å². The first kappa shape index (κ1) is 20.7. The molecule has 1 saturated heterocycles. The standard InChI is InChI=1S/C20H38N6/c1-6-21-19(23-14-18-22-10-13-25(18)15-17(2)3)24-16-20(4,5)26-11-8-7-9-12-26/h10,13,17H,6-9,11-12,14-16H2,1-5H3,(H2,21,23,24). The van der Waals surface area contributed by atoms with Crippen molar-refractivity contribution < 1.29 is 0 Å². The van der Waals surface area contributed by atoms with Crippen molar-refractivity contribution in [1.82, 2.24) is 25.1 Å². The van der Waals surface area contributed by atoms with Gasteiger partial charge in [0.1, 0.15) is 12.4 Å². The maximum atomic E-state index is 4.76. The molecule has 1 aromatic rings. The van der Waals surface area contributed by atoms with Gasteiger partial charge >= 0.3 is 0 Å². The molecule has 0 amide bonds. The molecule has 0 spiro atoms. The number of piperidine rings is 1. The second-order valence-corrected chi connectivity index (χ2v) is 8.30. The first-order valence-electron chi connectivity index (χ1n) is 10.2. The summed E-state index contributed by atoms with van der Waals surface area (Å²) >= 11 is 0. The van der Waals surface area contributed by atoms with E-state index in [1.807, 2.05) is 12.4 Å². The van der Waals surface area contributed by atoms with Gasteiger partial charge in [-0.1, -0.05) is 20.3 Å². The zero-order valence-electron chi connectivity index (χ0n) is 17.4. The number of imidazole rings is 1. The van der Waals surface area contributed by atoms with Crippen LogP contribution in [0.3, 0.4) is 0 Å². The first-order valence-corrected chi connectivity index (χ1v) is 10.2. The van der Waals surface area contributed by atoms with Gasteiger partial charge in [0.25, 0.3) is 0 Å². The zero-order chi connectivity index (χ0) is 19.0. The lowest BCUT2D eigenvalue weighted by Crippen LogP contribution is -2.54. The molecule has 2 N–H and O–H groups in total. The molecule has 1 aliphatic rings. The predicted molar refractivity (Wildman–Crippen MR) is 109 cm³/mol. The summed E-state index contributed by atoms with van der Waals surface area (Å²) in [5.74, 6) is 2.49. The molecular formula is C20H38N6. The highest BCUT2D eigenvalue weighted by Crippen LogP contribution is 2.19. The van der Waals surface area contributed by atoms with Crippen LogP contribution in [0.4, 0.5) is 0 Å². The molecule has 0 atom stereocenters. The van der Waals surface area contributed by atoms with Crippen LogP contribution in [0.2, 0.25) is 0 Å². The fourth-order valence-electron chi connectivity index (χ4n) is 3.45. The smallest absolute Gasteiger partial charge is 0.191 e. The van der Waals surface area contributed by atoms with E-state index >= 15 is 0 Å². The van der Waals surface area contributed by atoms with Crippen LogP contribution in [0.25, 0.3) is 0 Å². The van der Waals surface area contributed by atoms with E-state index in [0.29, 0.717) is 12.5 Å². The van der Waals surface area contributed by atoms with Gasteiger partial charge in [0.05, 0.1) is 0 Å². The van der Waals surface area contributed by atoms with Crippen LogP contribution < -0.4 is 10.6 Å². The summed E-state index contributed by atoms with van der Waals surface area (Å²) < 4.78 is 2.20. The third kappa shape index (κ3) is 6.31. The highest BCUT2D eigenvalue weighted by molar-refractivity contribution is 5.79. The number of nitrogens with one attached hydrogen (secondary N) is 2. The molecule has 0 bridgehead atoms. The van der Waals surface area contributed by atoms with Gasteiger partial charge in [-0.05, 0) is 52.6 Å². The lowest BCUT2D eigenvalue weighted by molar-refractivity contribution is 0.0982. The Morgan fingerprint density at radius 2 is 1.96 bits per heavy atom. The molecule has 26 heavy (non-hydrogen) atoms. The Morgan fingerprint density at radius 3 is 2.62 bits per heavy atom. The molecule has 0 aromatic carbocycles. The SMILES string of the molecule is CCNC(=NCc1nccn1CC(C)C)NCC(C)(C)N1CCCCC1. The Balaban J connectivity index is 1.95. The van der Waals surface area contributed by atoms with Crippen LogP contribution in [0, 0.1) is 5.92 Å². The van der Waals surface area contributed by atoms with Gasteiger partial charge in [-0.3, -0.25) is 4.90 Å². The summed E-state index contributed by atoms with van der Waals surface area (Å²) in [6.45, 7) is 16.9. The van der Waals surface area contributed by atoms with Crippen molar-refractivity contribution in [3.63, 3.8) is 0 Å².